The van der Waals surface area contributed by atoms with E-state index in [0.29, 0.717) is 40.4 Å². The van der Waals surface area contributed by atoms with E-state index in [1.54, 1.807) is 43.5 Å². The summed E-state index contributed by atoms with van der Waals surface area (Å²) in [7, 11) is 3.88. The van der Waals surface area contributed by atoms with E-state index in [1.807, 2.05) is 32.1 Å². The van der Waals surface area contributed by atoms with E-state index in [9.17, 15) is 13.2 Å². The molecule has 2 aromatic carbocycles. The number of fused-ring (bicyclic) bond motifs is 1. The Kier molecular flexibility index (Phi) is 8.35. The molecule has 0 aliphatic heterocycles. The van der Waals surface area contributed by atoms with Gasteiger partial charge >= 0.3 is 0 Å². The summed E-state index contributed by atoms with van der Waals surface area (Å²) in [5.41, 5.74) is 2.39. The summed E-state index contributed by atoms with van der Waals surface area (Å²) in [6, 6.07) is 12.2. The van der Waals surface area contributed by atoms with Gasteiger partial charge < -0.3 is 25.2 Å². The largest absolute Gasteiger partial charge is 0.494 e. The fourth-order valence-corrected chi connectivity index (χ4v) is 4.84. The van der Waals surface area contributed by atoms with Crippen LogP contribution in [0.25, 0.3) is 16.7 Å². The first-order valence-electron chi connectivity index (χ1n) is 12.3. The molecule has 0 aliphatic carbocycles. The molecule has 0 saturated heterocycles. The molecule has 4 aromatic rings. The van der Waals surface area contributed by atoms with Crippen LogP contribution in [-0.2, 0) is 14.6 Å². The predicted octanol–water partition coefficient (Wildman–Crippen LogP) is 3.09. The Bertz CT molecular complexity index is 1670. The second kappa shape index (κ2) is 11.7. The lowest BCUT2D eigenvalue weighted by Gasteiger charge is -2.26. The van der Waals surface area contributed by atoms with Crippen molar-refractivity contribution in [2.75, 3.05) is 63.1 Å². The molecule has 2 heterocycles. The Balaban J connectivity index is 1.75. The number of carbonyl (C=O) groups is 1. The third-order valence-corrected chi connectivity index (χ3v) is 7.07. The van der Waals surface area contributed by atoms with Crippen molar-refractivity contribution >= 4 is 49.7 Å². The van der Waals surface area contributed by atoms with E-state index in [2.05, 4.69) is 37.2 Å². The van der Waals surface area contributed by atoms with Gasteiger partial charge in [0.15, 0.2) is 20.7 Å². The Hall–Kier alpha value is -4.49. The molecule has 13 heteroatoms. The van der Waals surface area contributed by atoms with Gasteiger partial charge in [0.25, 0.3) is 0 Å². The molecule has 0 atom stereocenters. The van der Waals surface area contributed by atoms with Gasteiger partial charge in [-0.2, -0.15) is 10.1 Å². The summed E-state index contributed by atoms with van der Waals surface area (Å²) in [5.74, 6) is 0.721. The number of aromatic nitrogens is 4. The molecular formula is C27H32N8O4S. The summed E-state index contributed by atoms with van der Waals surface area (Å²) in [4.78, 5) is 25.2. The van der Waals surface area contributed by atoms with Crippen LogP contribution >= 0.6 is 0 Å². The third-order valence-electron chi connectivity index (χ3n) is 6.06. The van der Waals surface area contributed by atoms with Crippen molar-refractivity contribution in [1.29, 1.82) is 0 Å². The van der Waals surface area contributed by atoms with Gasteiger partial charge in [0.2, 0.25) is 11.9 Å². The van der Waals surface area contributed by atoms with Crippen LogP contribution in [0.2, 0.25) is 0 Å². The average molecular weight is 565 g/mol. The maximum absolute atomic E-state index is 12.4. The number of nitrogens with one attached hydrogen (secondary N) is 2. The normalized spacial score (nSPS) is 11.4. The summed E-state index contributed by atoms with van der Waals surface area (Å²) in [5, 5.41) is 10.8. The molecule has 2 N–H and O–H groups in total. The number of benzene rings is 2. The summed E-state index contributed by atoms with van der Waals surface area (Å²) < 4.78 is 31.9. The van der Waals surface area contributed by atoms with E-state index in [0.717, 1.165) is 18.5 Å². The number of nitrogens with zero attached hydrogens (tertiary/aromatic N) is 6. The molecule has 40 heavy (non-hydrogen) atoms. The van der Waals surface area contributed by atoms with Crippen LogP contribution in [0.15, 0.2) is 66.3 Å². The lowest BCUT2D eigenvalue weighted by molar-refractivity contribution is -0.111. The van der Waals surface area contributed by atoms with Gasteiger partial charge in [-0.15, -0.1) is 0 Å². The number of para-hydroxylation sites is 1. The van der Waals surface area contributed by atoms with Gasteiger partial charge in [-0.3, -0.25) is 4.79 Å². The van der Waals surface area contributed by atoms with Crippen molar-refractivity contribution in [1.82, 2.24) is 24.6 Å². The minimum atomic E-state index is -3.58. The van der Waals surface area contributed by atoms with Gasteiger partial charge in [0.1, 0.15) is 5.75 Å². The molecule has 1 amide bonds. The number of anilines is 4. The SMILES string of the molecule is C=CC(=O)Nc1cc(Nc2nccc(-n3nc(S(C)(=O)=O)c4ccccc43)n2)c(OC)cc1N(C)CCN(C)C. The van der Waals surface area contributed by atoms with Crippen molar-refractivity contribution in [2.24, 2.45) is 0 Å². The van der Waals surface area contributed by atoms with E-state index < -0.39 is 9.84 Å². The van der Waals surface area contributed by atoms with Crippen LogP contribution in [0.5, 0.6) is 5.75 Å². The highest BCUT2D eigenvalue weighted by Gasteiger charge is 2.21. The molecule has 12 nitrogen and oxygen atoms in total. The second-order valence-electron chi connectivity index (χ2n) is 9.36. The van der Waals surface area contributed by atoms with E-state index in [1.165, 1.54) is 17.0 Å². The topological polar surface area (TPSA) is 135 Å². The average Bonchev–Trinajstić information content (AvgIpc) is 3.32. The van der Waals surface area contributed by atoms with E-state index >= 15 is 0 Å². The van der Waals surface area contributed by atoms with E-state index in [-0.39, 0.29) is 16.9 Å². The van der Waals surface area contributed by atoms with Crippen molar-refractivity contribution < 1.29 is 17.9 Å². The second-order valence-corrected chi connectivity index (χ2v) is 11.3. The number of rotatable bonds is 11. The van der Waals surface area contributed by atoms with Crippen LogP contribution < -0.4 is 20.3 Å². The minimum Gasteiger partial charge on any atom is -0.494 e. The quantitative estimate of drug-likeness (QED) is 0.262. The summed E-state index contributed by atoms with van der Waals surface area (Å²) >= 11 is 0. The predicted molar refractivity (Wildman–Crippen MR) is 157 cm³/mol. The molecule has 0 saturated carbocycles. The zero-order valence-electron chi connectivity index (χ0n) is 23.0. The number of carbonyl (C=O) groups excluding carboxylic acids is 1. The smallest absolute Gasteiger partial charge is 0.247 e. The zero-order chi connectivity index (χ0) is 29.0. The van der Waals surface area contributed by atoms with Crippen molar-refractivity contribution in [3.63, 3.8) is 0 Å². The summed E-state index contributed by atoms with van der Waals surface area (Å²) in [6.07, 6.45) is 3.86. The molecule has 2 aromatic heterocycles. The zero-order valence-corrected chi connectivity index (χ0v) is 23.9. The Morgan fingerprint density at radius 3 is 2.55 bits per heavy atom. The Labute approximate surface area is 233 Å². The molecular weight excluding hydrogens is 532 g/mol. The van der Waals surface area contributed by atoms with Crippen LogP contribution in [0.3, 0.4) is 0 Å². The standard InChI is InChI=1S/C27H32N8O4S/c1-7-25(36)29-19-16-20(23(39-5)17-22(19)34(4)15-14-33(2)3)30-27-28-13-12-24(31-27)35-21-11-9-8-10-18(21)26(32-35)40(6,37)38/h7-13,16-17H,1,14-15H2,2-6H3,(H,29,36)(H,28,30,31). The number of amides is 1. The molecule has 0 unspecified atom stereocenters. The number of hydrogen-bond donors (Lipinski definition) is 2. The molecule has 0 fully saturated rings. The molecule has 210 valence electrons. The van der Waals surface area contributed by atoms with Crippen molar-refractivity contribution in [3.05, 3.63) is 61.3 Å². The Morgan fingerprint density at radius 1 is 1.12 bits per heavy atom. The van der Waals surface area contributed by atoms with Gasteiger partial charge in [-0.25, -0.2) is 18.1 Å². The maximum atomic E-state index is 12.4. The molecule has 0 aliphatic rings. The molecule has 4 rings (SSSR count). The highest BCUT2D eigenvalue weighted by atomic mass is 32.2. The number of methoxy groups -OCH3 is 1. The molecule has 0 radical (unpaired) electrons. The molecule has 0 spiro atoms. The fourth-order valence-electron chi connectivity index (χ4n) is 4.04. The van der Waals surface area contributed by atoms with Crippen LogP contribution in [0.1, 0.15) is 0 Å². The highest BCUT2D eigenvalue weighted by Crippen LogP contribution is 2.38. The minimum absolute atomic E-state index is 0.0329. The van der Waals surface area contributed by atoms with Crippen LogP contribution in [-0.4, -0.2) is 86.6 Å². The monoisotopic (exact) mass is 564 g/mol. The van der Waals surface area contributed by atoms with E-state index in [4.69, 9.17) is 4.74 Å². The van der Waals surface area contributed by atoms with Crippen molar-refractivity contribution in [3.8, 4) is 11.6 Å². The van der Waals surface area contributed by atoms with Gasteiger partial charge in [-0.05, 0) is 38.4 Å². The van der Waals surface area contributed by atoms with Crippen LogP contribution in [0, 0.1) is 0 Å². The first-order valence-corrected chi connectivity index (χ1v) is 14.2. The van der Waals surface area contributed by atoms with Gasteiger partial charge in [0.05, 0.1) is 29.7 Å². The van der Waals surface area contributed by atoms with Crippen molar-refractivity contribution in [2.45, 2.75) is 5.03 Å². The molecule has 0 bridgehead atoms. The summed E-state index contributed by atoms with van der Waals surface area (Å²) in [6.45, 7) is 5.06. The number of ether oxygens (including phenoxy) is 1. The fraction of sp³-hybridized carbons (Fsp3) is 0.259. The third kappa shape index (κ3) is 6.21. The maximum Gasteiger partial charge on any atom is 0.247 e. The van der Waals surface area contributed by atoms with Gasteiger partial charge in [-0.1, -0.05) is 18.7 Å². The number of hydrogen-bond acceptors (Lipinski definition) is 10. The first-order chi connectivity index (χ1) is 19.0. The number of sulfone groups is 1. The van der Waals surface area contributed by atoms with Crippen LogP contribution in [0.4, 0.5) is 23.0 Å². The highest BCUT2D eigenvalue weighted by molar-refractivity contribution is 7.90. The Morgan fingerprint density at radius 2 is 1.88 bits per heavy atom. The van der Waals surface area contributed by atoms with Gasteiger partial charge in [0, 0.05) is 50.1 Å². The lowest BCUT2D eigenvalue weighted by Crippen LogP contribution is -2.29. The first kappa shape index (κ1) is 28.5. The number of likely N-dealkylation sites (N-methyl/N-ethyl adjacent to an activating group) is 2. The lowest BCUT2D eigenvalue weighted by atomic mass is 10.2.